The van der Waals surface area contributed by atoms with E-state index in [9.17, 15) is 8.42 Å². The maximum absolute atomic E-state index is 10.6. The summed E-state index contributed by atoms with van der Waals surface area (Å²) in [4.78, 5) is 0. The van der Waals surface area contributed by atoms with Gasteiger partial charge in [0.2, 0.25) is 0 Å². The molecule has 0 saturated carbocycles. The first-order valence-electron chi connectivity index (χ1n) is 4.34. The Hall–Kier alpha value is -0.0900. The van der Waals surface area contributed by atoms with Crippen LogP contribution in [0.3, 0.4) is 0 Å². The molecule has 4 heteroatoms. The number of hydrogen-bond acceptors (Lipinski definition) is 3. The first-order chi connectivity index (χ1) is 5.49. The maximum atomic E-state index is 10.6. The van der Waals surface area contributed by atoms with Crippen molar-refractivity contribution in [2.75, 3.05) is 12.9 Å². The highest BCUT2D eigenvalue weighted by Crippen LogP contribution is 2.11. The zero-order valence-electron chi connectivity index (χ0n) is 8.04. The van der Waals surface area contributed by atoms with Crippen molar-refractivity contribution in [3.63, 3.8) is 0 Å². The topological polar surface area (TPSA) is 43.4 Å². The standard InChI is InChI=1S/C8H18O3S/c1-4-6-8(5-2)7-11-12(3,9)10/h8H,4-7H2,1-3H3. The summed E-state index contributed by atoms with van der Waals surface area (Å²) in [5.74, 6) is 0.379. The minimum atomic E-state index is -3.25. The van der Waals surface area contributed by atoms with E-state index >= 15 is 0 Å². The second-order valence-electron chi connectivity index (χ2n) is 3.05. The van der Waals surface area contributed by atoms with Gasteiger partial charge >= 0.3 is 0 Å². The van der Waals surface area contributed by atoms with Crippen LogP contribution in [0.15, 0.2) is 0 Å². The van der Waals surface area contributed by atoms with Gasteiger partial charge in [0.05, 0.1) is 12.9 Å². The third-order valence-corrected chi connectivity index (χ3v) is 2.36. The van der Waals surface area contributed by atoms with Gasteiger partial charge in [-0.15, -0.1) is 0 Å². The van der Waals surface area contributed by atoms with Crippen LogP contribution in [0.1, 0.15) is 33.1 Å². The molecule has 0 bridgehead atoms. The highest BCUT2D eigenvalue weighted by atomic mass is 32.2. The highest BCUT2D eigenvalue weighted by Gasteiger charge is 2.09. The van der Waals surface area contributed by atoms with Crippen LogP contribution in [0.4, 0.5) is 0 Å². The fraction of sp³-hybridized carbons (Fsp3) is 1.00. The molecular formula is C8H18O3S. The van der Waals surface area contributed by atoms with Crippen molar-refractivity contribution in [1.82, 2.24) is 0 Å². The molecule has 12 heavy (non-hydrogen) atoms. The fourth-order valence-corrected chi connectivity index (χ4v) is 1.47. The third-order valence-electron chi connectivity index (χ3n) is 1.79. The summed E-state index contributed by atoms with van der Waals surface area (Å²) in [5.41, 5.74) is 0. The Bertz CT molecular complexity index is 196. The molecule has 0 amide bonds. The molecule has 0 N–H and O–H groups in total. The number of hydrogen-bond donors (Lipinski definition) is 0. The van der Waals surface area contributed by atoms with E-state index in [4.69, 9.17) is 4.18 Å². The van der Waals surface area contributed by atoms with Gasteiger partial charge < -0.3 is 0 Å². The van der Waals surface area contributed by atoms with Gasteiger partial charge in [-0.25, -0.2) is 0 Å². The van der Waals surface area contributed by atoms with Crippen molar-refractivity contribution in [1.29, 1.82) is 0 Å². The summed E-state index contributed by atoms with van der Waals surface area (Å²) >= 11 is 0. The second-order valence-corrected chi connectivity index (χ2v) is 4.70. The summed E-state index contributed by atoms with van der Waals surface area (Å²) in [5, 5.41) is 0. The van der Waals surface area contributed by atoms with E-state index in [1.165, 1.54) is 0 Å². The van der Waals surface area contributed by atoms with Crippen LogP contribution in [0.2, 0.25) is 0 Å². The highest BCUT2D eigenvalue weighted by molar-refractivity contribution is 7.85. The van der Waals surface area contributed by atoms with Crippen molar-refractivity contribution in [2.24, 2.45) is 5.92 Å². The van der Waals surface area contributed by atoms with Crippen molar-refractivity contribution < 1.29 is 12.6 Å². The fourth-order valence-electron chi connectivity index (χ4n) is 1.03. The van der Waals surface area contributed by atoms with Crippen molar-refractivity contribution >= 4 is 10.1 Å². The van der Waals surface area contributed by atoms with Crippen molar-refractivity contribution in [2.45, 2.75) is 33.1 Å². The zero-order chi connectivity index (χ0) is 9.61. The smallest absolute Gasteiger partial charge is 0.264 e. The average Bonchev–Trinajstić information content (AvgIpc) is 1.96. The Morgan fingerprint density at radius 2 is 1.92 bits per heavy atom. The monoisotopic (exact) mass is 194 g/mol. The van der Waals surface area contributed by atoms with Crippen LogP contribution >= 0.6 is 0 Å². The van der Waals surface area contributed by atoms with Gasteiger partial charge in [0.1, 0.15) is 0 Å². The molecule has 74 valence electrons. The minimum absolute atomic E-state index is 0.336. The summed E-state index contributed by atoms with van der Waals surface area (Å²) in [6, 6.07) is 0. The molecule has 0 aromatic rings. The van der Waals surface area contributed by atoms with Gasteiger partial charge in [0.15, 0.2) is 0 Å². The predicted octanol–water partition coefficient (Wildman–Crippen LogP) is 1.79. The molecule has 0 saturated heterocycles. The summed E-state index contributed by atoms with van der Waals surface area (Å²) < 4.78 is 26.0. The molecule has 0 fully saturated rings. The molecule has 0 aliphatic carbocycles. The van der Waals surface area contributed by atoms with E-state index in [1.807, 2.05) is 6.92 Å². The van der Waals surface area contributed by atoms with Gasteiger partial charge in [-0.3, -0.25) is 4.18 Å². The Morgan fingerprint density at radius 1 is 1.33 bits per heavy atom. The normalized spacial score (nSPS) is 14.6. The summed E-state index contributed by atoms with van der Waals surface area (Å²) in [7, 11) is -3.25. The van der Waals surface area contributed by atoms with Crippen molar-refractivity contribution in [3.8, 4) is 0 Å². The molecule has 0 spiro atoms. The van der Waals surface area contributed by atoms with Crippen LogP contribution < -0.4 is 0 Å². The first kappa shape index (κ1) is 11.9. The van der Waals surface area contributed by atoms with E-state index in [-0.39, 0.29) is 0 Å². The Balaban J connectivity index is 3.73. The molecule has 0 aliphatic rings. The van der Waals surface area contributed by atoms with Gasteiger partial charge in [-0.1, -0.05) is 26.7 Å². The SMILES string of the molecule is CCCC(CC)COS(C)(=O)=O. The molecule has 3 nitrogen and oxygen atoms in total. The summed E-state index contributed by atoms with van der Waals surface area (Å²) in [6.07, 6.45) is 4.17. The van der Waals surface area contributed by atoms with Crippen LogP contribution in [0.5, 0.6) is 0 Å². The quantitative estimate of drug-likeness (QED) is 0.605. The van der Waals surface area contributed by atoms with Crippen molar-refractivity contribution in [3.05, 3.63) is 0 Å². The van der Waals surface area contributed by atoms with Crippen LogP contribution in [-0.4, -0.2) is 21.3 Å². The molecule has 0 rings (SSSR count). The van der Waals surface area contributed by atoms with Gasteiger partial charge in [-0.2, -0.15) is 8.42 Å². The van der Waals surface area contributed by atoms with E-state index in [1.54, 1.807) is 0 Å². The van der Waals surface area contributed by atoms with Gasteiger partial charge in [0, 0.05) is 0 Å². The molecule has 0 aromatic heterocycles. The lowest BCUT2D eigenvalue weighted by Crippen LogP contribution is -2.12. The average molecular weight is 194 g/mol. The third kappa shape index (κ3) is 6.61. The van der Waals surface area contributed by atoms with Crippen LogP contribution in [-0.2, 0) is 14.3 Å². The van der Waals surface area contributed by atoms with Crippen LogP contribution in [0, 0.1) is 5.92 Å². The van der Waals surface area contributed by atoms with E-state index < -0.39 is 10.1 Å². The molecule has 0 heterocycles. The second kappa shape index (κ2) is 5.54. The summed E-state index contributed by atoms with van der Waals surface area (Å²) in [6.45, 7) is 4.47. The number of rotatable bonds is 6. The molecule has 0 aliphatic heterocycles. The van der Waals surface area contributed by atoms with E-state index in [0.29, 0.717) is 12.5 Å². The first-order valence-corrected chi connectivity index (χ1v) is 6.15. The van der Waals surface area contributed by atoms with Gasteiger partial charge in [-0.05, 0) is 12.3 Å². The minimum Gasteiger partial charge on any atom is -0.270 e. The molecule has 1 atom stereocenters. The maximum Gasteiger partial charge on any atom is 0.264 e. The molecule has 1 unspecified atom stereocenters. The van der Waals surface area contributed by atoms with Crippen LogP contribution in [0.25, 0.3) is 0 Å². The Labute approximate surface area is 75.2 Å². The Morgan fingerprint density at radius 3 is 2.25 bits per heavy atom. The lowest BCUT2D eigenvalue weighted by molar-refractivity contribution is 0.242. The molecule has 0 radical (unpaired) electrons. The van der Waals surface area contributed by atoms with Gasteiger partial charge in [0.25, 0.3) is 10.1 Å². The lowest BCUT2D eigenvalue weighted by Gasteiger charge is -2.12. The van der Waals surface area contributed by atoms with E-state index in [0.717, 1.165) is 25.5 Å². The largest absolute Gasteiger partial charge is 0.270 e. The lowest BCUT2D eigenvalue weighted by atomic mass is 10.0. The molecule has 0 aromatic carbocycles. The van der Waals surface area contributed by atoms with E-state index in [2.05, 4.69) is 6.92 Å². The zero-order valence-corrected chi connectivity index (χ0v) is 8.86. The predicted molar refractivity (Wildman–Crippen MR) is 49.5 cm³/mol. The molecular weight excluding hydrogens is 176 g/mol. The Kier molecular flexibility index (Phi) is 5.50.